The number of benzene rings is 2. The Balaban J connectivity index is 1.72. The first-order valence-corrected chi connectivity index (χ1v) is 10.5. The minimum absolute atomic E-state index is 0.0668. The van der Waals surface area contributed by atoms with E-state index in [1.54, 1.807) is 6.07 Å². The fraction of sp³-hybridized carbons (Fsp3) is 0.0500. The van der Waals surface area contributed by atoms with Crippen molar-refractivity contribution >= 4 is 62.9 Å². The minimum atomic E-state index is -1.94. The molecule has 4 rings (SSSR count). The van der Waals surface area contributed by atoms with Gasteiger partial charge in [0.15, 0.2) is 34.9 Å². The monoisotopic (exact) mass is 556 g/mol. The van der Waals surface area contributed by atoms with Crippen molar-refractivity contribution in [2.24, 2.45) is 10.7 Å². The normalized spacial score (nSPS) is 11.5. The summed E-state index contributed by atoms with van der Waals surface area (Å²) in [5, 5.41) is 8.99. The van der Waals surface area contributed by atoms with Crippen LogP contribution in [0.15, 0.2) is 35.5 Å². The number of fused-ring (bicyclic) bond motifs is 1. The number of nitrogens with two attached hydrogens (primary N) is 1. The molecule has 0 bridgehead atoms. The lowest BCUT2D eigenvalue weighted by molar-refractivity contribution is 0.100. The molecule has 7 nitrogen and oxygen atoms in total. The number of halogens is 5. The van der Waals surface area contributed by atoms with Crippen molar-refractivity contribution in [3.05, 3.63) is 70.4 Å². The van der Waals surface area contributed by atoms with Gasteiger partial charge in [-0.15, -0.1) is 0 Å². The molecule has 0 fully saturated rings. The van der Waals surface area contributed by atoms with Crippen molar-refractivity contribution in [3.8, 4) is 0 Å². The molecule has 2 heterocycles. The zero-order chi connectivity index (χ0) is 23.0. The summed E-state index contributed by atoms with van der Waals surface area (Å²) in [6.07, 6.45) is 2.16. The van der Waals surface area contributed by atoms with Crippen LogP contribution < -0.4 is 11.1 Å². The second-order valence-electron chi connectivity index (χ2n) is 6.63. The number of alkyl halides is 1. The Morgan fingerprint density at radius 1 is 1.19 bits per heavy atom. The largest absolute Gasteiger partial charge is 0.365 e. The van der Waals surface area contributed by atoms with E-state index in [2.05, 4.69) is 48.1 Å². The van der Waals surface area contributed by atoms with E-state index in [1.165, 1.54) is 0 Å². The molecule has 0 spiro atoms. The number of aromatic nitrogens is 3. The molecule has 0 aliphatic rings. The smallest absolute Gasteiger partial charge is 0.256 e. The molecule has 0 saturated heterocycles. The van der Waals surface area contributed by atoms with Crippen LogP contribution in [0.2, 0.25) is 0 Å². The second-order valence-corrected chi connectivity index (χ2v) is 7.39. The van der Waals surface area contributed by atoms with Gasteiger partial charge in [0, 0.05) is 28.1 Å². The summed E-state index contributed by atoms with van der Waals surface area (Å²) >= 11 is 2.21. The standard InChI is InChI=1S/C20H13F4IN6O/c21-13-11-9(6-27-17(11)16(24)15(23)14(13)22)7-28-19-12(18(26)32)20(31-30-19)29-10-3-1-2-8(4-10)5-25/h1-4,6-7,27H,5H2,(H2,26,32)(H2,29,30,31)/b28-7+. The third-order valence-electron chi connectivity index (χ3n) is 4.60. The van der Waals surface area contributed by atoms with Gasteiger partial charge in [-0.05, 0) is 17.7 Å². The molecule has 32 heavy (non-hydrogen) atoms. The van der Waals surface area contributed by atoms with Crippen LogP contribution in [0.3, 0.4) is 0 Å². The molecule has 12 heteroatoms. The maximum atomic E-state index is 14.2. The van der Waals surface area contributed by atoms with Crippen LogP contribution in [0.5, 0.6) is 0 Å². The van der Waals surface area contributed by atoms with Crippen molar-refractivity contribution < 1.29 is 22.4 Å². The molecule has 2 aromatic carbocycles. The average Bonchev–Trinajstić information content (AvgIpc) is 3.39. The van der Waals surface area contributed by atoms with Gasteiger partial charge in [-0.2, -0.15) is 5.10 Å². The number of H-pyrrole nitrogens is 2. The average molecular weight is 556 g/mol. The SMILES string of the molecule is NC(=O)c1c(Nc2cccc(CI)c2)n[nH]c1/N=C/c1c[nH]c2c(F)c(F)c(F)c(F)c12. The number of rotatable bonds is 6. The van der Waals surface area contributed by atoms with Gasteiger partial charge in [-0.25, -0.2) is 22.6 Å². The second kappa shape index (κ2) is 8.61. The van der Waals surface area contributed by atoms with E-state index in [1.807, 2.05) is 18.2 Å². The van der Waals surface area contributed by atoms with Crippen molar-refractivity contribution in [2.75, 3.05) is 5.32 Å². The molecule has 5 N–H and O–H groups in total. The number of aromatic amines is 2. The summed E-state index contributed by atoms with van der Waals surface area (Å²) < 4.78 is 56.0. The molecule has 0 saturated carbocycles. The highest BCUT2D eigenvalue weighted by Crippen LogP contribution is 2.30. The topological polar surface area (TPSA) is 112 Å². The Kier molecular flexibility index (Phi) is 5.86. The number of primary amides is 1. The van der Waals surface area contributed by atoms with Crippen LogP contribution in [-0.4, -0.2) is 27.3 Å². The fourth-order valence-electron chi connectivity index (χ4n) is 3.12. The van der Waals surface area contributed by atoms with Crippen LogP contribution >= 0.6 is 22.6 Å². The molecule has 0 radical (unpaired) electrons. The van der Waals surface area contributed by atoms with Gasteiger partial charge < -0.3 is 16.0 Å². The van der Waals surface area contributed by atoms with E-state index in [4.69, 9.17) is 5.73 Å². The van der Waals surface area contributed by atoms with Crippen LogP contribution in [0.4, 0.5) is 34.9 Å². The number of hydrogen-bond acceptors (Lipinski definition) is 4. The van der Waals surface area contributed by atoms with Gasteiger partial charge in [-0.1, -0.05) is 34.7 Å². The van der Waals surface area contributed by atoms with Crippen LogP contribution in [-0.2, 0) is 4.43 Å². The molecular weight excluding hydrogens is 543 g/mol. The highest BCUT2D eigenvalue weighted by Gasteiger charge is 2.23. The molecule has 0 aliphatic carbocycles. The fourth-order valence-corrected chi connectivity index (χ4v) is 3.59. The third kappa shape index (κ3) is 3.81. The molecule has 164 valence electrons. The highest BCUT2D eigenvalue weighted by molar-refractivity contribution is 14.1. The van der Waals surface area contributed by atoms with Crippen LogP contribution in [0.25, 0.3) is 10.9 Å². The summed E-state index contributed by atoms with van der Waals surface area (Å²) in [5.41, 5.74) is 6.46. The molecule has 0 unspecified atom stereocenters. The minimum Gasteiger partial charge on any atom is -0.365 e. The van der Waals surface area contributed by atoms with Crippen molar-refractivity contribution in [1.29, 1.82) is 0 Å². The van der Waals surface area contributed by atoms with Gasteiger partial charge in [0.05, 0.1) is 10.9 Å². The quantitative estimate of drug-likeness (QED) is 0.0672. The maximum Gasteiger partial charge on any atom is 0.256 e. The zero-order valence-corrected chi connectivity index (χ0v) is 18.1. The van der Waals surface area contributed by atoms with E-state index in [0.29, 0.717) is 5.69 Å². The summed E-state index contributed by atoms with van der Waals surface area (Å²) in [6.45, 7) is 0. The van der Waals surface area contributed by atoms with E-state index in [-0.39, 0.29) is 22.8 Å². The Morgan fingerprint density at radius 2 is 1.94 bits per heavy atom. The molecular formula is C20H13F4IN6O. The first-order chi connectivity index (χ1) is 15.3. The van der Waals surface area contributed by atoms with Crippen LogP contribution in [0.1, 0.15) is 21.5 Å². The van der Waals surface area contributed by atoms with Crippen molar-refractivity contribution in [1.82, 2.24) is 15.2 Å². The summed E-state index contributed by atoms with van der Waals surface area (Å²) in [5.74, 6) is -7.79. The Labute approximate surface area is 191 Å². The first kappa shape index (κ1) is 21.8. The first-order valence-electron chi connectivity index (χ1n) is 8.99. The lowest BCUT2D eigenvalue weighted by Crippen LogP contribution is -2.12. The Hall–Kier alpha value is -3.42. The number of carbonyl (C=O) groups excluding carboxylic acids is 1. The Morgan fingerprint density at radius 3 is 2.66 bits per heavy atom. The summed E-state index contributed by atoms with van der Waals surface area (Å²) in [4.78, 5) is 18.4. The molecule has 2 aromatic heterocycles. The number of nitrogens with one attached hydrogen (secondary N) is 3. The van der Waals surface area contributed by atoms with E-state index < -0.39 is 40.1 Å². The van der Waals surface area contributed by atoms with Gasteiger partial charge in [0.2, 0.25) is 0 Å². The number of hydrogen-bond donors (Lipinski definition) is 4. The number of nitrogens with zero attached hydrogens (tertiary/aromatic N) is 2. The number of amides is 1. The summed E-state index contributed by atoms with van der Waals surface area (Å²) in [7, 11) is 0. The predicted octanol–water partition coefficient (Wildman–Crippen LogP) is 4.98. The highest BCUT2D eigenvalue weighted by atomic mass is 127. The van der Waals surface area contributed by atoms with Gasteiger partial charge >= 0.3 is 0 Å². The Bertz CT molecular complexity index is 1380. The van der Waals surface area contributed by atoms with Crippen molar-refractivity contribution in [2.45, 2.75) is 4.43 Å². The number of anilines is 2. The van der Waals surface area contributed by atoms with Gasteiger partial charge in [0.1, 0.15) is 5.56 Å². The number of carbonyl (C=O) groups is 1. The molecule has 0 aliphatic heterocycles. The maximum absolute atomic E-state index is 14.2. The van der Waals surface area contributed by atoms with E-state index >= 15 is 0 Å². The molecule has 0 atom stereocenters. The zero-order valence-electron chi connectivity index (χ0n) is 15.9. The predicted molar refractivity (Wildman–Crippen MR) is 120 cm³/mol. The lowest BCUT2D eigenvalue weighted by atomic mass is 10.1. The molecule has 1 amide bonds. The molecule has 4 aromatic rings. The lowest BCUT2D eigenvalue weighted by Gasteiger charge is -2.06. The van der Waals surface area contributed by atoms with Gasteiger partial charge in [0.25, 0.3) is 5.91 Å². The summed E-state index contributed by atoms with van der Waals surface area (Å²) in [6, 6.07) is 7.41. The van der Waals surface area contributed by atoms with E-state index in [0.717, 1.165) is 22.4 Å². The number of aliphatic imine (C=N–C) groups is 1. The van der Waals surface area contributed by atoms with Crippen LogP contribution in [0, 0.1) is 23.3 Å². The third-order valence-corrected chi connectivity index (χ3v) is 5.48. The van der Waals surface area contributed by atoms with Crippen molar-refractivity contribution in [3.63, 3.8) is 0 Å². The van der Waals surface area contributed by atoms with Gasteiger partial charge in [-0.3, -0.25) is 9.89 Å². The van der Waals surface area contributed by atoms with E-state index in [9.17, 15) is 22.4 Å².